The molecule has 4 aromatic rings. The van der Waals surface area contributed by atoms with Crippen LogP contribution in [0.25, 0.3) is 11.5 Å². The lowest BCUT2D eigenvalue weighted by molar-refractivity contribution is 0.0951. The van der Waals surface area contributed by atoms with Crippen LogP contribution in [0.2, 0.25) is 0 Å². The lowest BCUT2D eigenvalue weighted by Gasteiger charge is -2.09. The molecule has 0 fully saturated rings. The molecule has 1 amide bonds. The first-order valence-corrected chi connectivity index (χ1v) is 8.65. The van der Waals surface area contributed by atoms with Crippen LogP contribution in [0.5, 0.6) is 5.75 Å². The van der Waals surface area contributed by atoms with Gasteiger partial charge in [0.2, 0.25) is 0 Å². The van der Waals surface area contributed by atoms with Crippen molar-refractivity contribution in [1.82, 2.24) is 29.6 Å². The van der Waals surface area contributed by atoms with Crippen molar-refractivity contribution in [1.29, 1.82) is 0 Å². The van der Waals surface area contributed by atoms with E-state index in [0.717, 1.165) is 17.1 Å². The first-order chi connectivity index (χ1) is 13.8. The van der Waals surface area contributed by atoms with E-state index < -0.39 is 0 Å². The number of pyridine rings is 1. The van der Waals surface area contributed by atoms with Gasteiger partial charge in [0.1, 0.15) is 23.6 Å². The molecular formula is C20H18N6O2. The smallest absolute Gasteiger partial charge is 0.254 e. The molecule has 3 heterocycles. The van der Waals surface area contributed by atoms with Crippen molar-refractivity contribution in [3.8, 4) is 17.3 Å². The Hall–Kier alpha value is -3.94. The van der Waals surface area contributed by atoms with Crippen LogP contribution in [0, 0.1) is 0 Å². The van der Waals surface area contributed by atoms with Gasteiger partial charge in [-0.2, -0.15) is 5.10 Å². The van der Waals surface area contributed by atoms with Crippen LogP contribution in [0.3, 0.4) is 0 Å². The maximum Gasteiger partial charge on any atom is 0.254 e. The second-order valence-corrected chi connectivity index (χ2v) is 5.98. The lowest BCUT2D eigenvalue weighted by atomic mass is 10.2. The van der Waals surface area contributed by atoms with E-state index in [0.29, 0.717) is 17.9 Å². The van der Waals surface area contributed by atoms with Gasteiger partial charge in [0, 0.05) is 36.9 Å². The normalized spacial score (nSPS) is 10.6. The van der Waals surface area contributed by atoms with Crippen LogP contribution in [0.15, 0.2) is 73.7 Å². The molecule has 0 bridgehead atoms. The van der Waals surface area contributed by atoms with Crippen LogP contribution in [0.1, 0.15) is 15.9 Å². The zero-order chi connectivity index (χ0) is 19.3. The Morgan fingerprint density at radius 2 is 2.07 bits per heavy atom. The van der Waals surface area contributed by atoms with Gasteiger partial charge in [0.05, 0.1) is 18.9 Å². The summed E-state index contributed by atoms with van der Waals surface area (Å²) in [5.74, 6) is 1.18. The zero-order valence-corrected chi connectivity index (χ0v) is 15.2. The third-order valence-electron chi connectivity index (χ3n) is 4.23. The number of methoxy groups -OCH3 is 1. The quantitative estimate of drug-likeness (QED) is 0.560. The summed E-state index contributed by atoms with van der Waals surface area (Å²) in [6.07, 6.45) is 10.1. The van der Waals surface area contributed by atoms with Crippen LogP contribution >= 0.6 is 0 Å². The Morgan fingerprint density at radius 1 is 1.18 bits per heavy atom. The summed E-state index contributed by atoms with van der Waals surface area (Å²) >= 11 is 0. The minimum Gasteiger partial charge on any atom is -0.494 e. The summed E-state index contributed by atoms with van der Waals surface area (Å²) in [5.41, 5.74) is 2.10. The van der Waals surface area contributed by atoms with Gasteiger partial charge >= 0.3 is 0 Å². The maximum atomic E-state index is 12.6. The van der Waals surface area contributed by atoms with Gasteiger partial charge in [-0.15, -0.1) is 0 Å². The molecular weight excluding hydrogens is 356 g/mol. The highest BCUT2D eigenvalue weighted by atomic mass is 16.5. The molecule has 4 rings (SSSR count). The van der Waals surface area contributed by atoms with E-state index >= 15 is 0 Å². The summed E-state index contributed by atoms with van der Waals surface area (Å²) in [6, 6.07) is 11.2. The molecule has 1 aromatic carbocycles. The van der Waals surface area contributed by atoms with Crippen molar-refractivity contribution in [3.63, 3.8) is 0 Å². The number of aromatic nitrogens is 5. The lowest BCUT2D eigenvalue weighted by Crippen LogP contribution is -2.23. The van der Waals surface area contributed by atoms with Crippen LogP contribution in [0.4, 0.5) is 0 Å². The van der Waals surface area contributed by atoms with Gasteiger partial charge in [-0.25, -0.2) is 14.6 Å². The molecule has 0 saturated heterocycles. The standard InChI is InChI=1S/C20H18N6O2/c1-28-18-7-3-2-6-17(18)26-13-16(12-24-26)20(27)23-11-15-5-4-8-22-19(15)25-10-9-21-14-25/h2-10,12-14H,11H2,1H3,(H,23,27). The molecule has 28 heavy (non-hydrogen) atoms. The summed E-state index contributed by atoms with van der Waals surface area (Å²) < 4.78 is 8.77. The number of hydrogen-bond acceptors (Lipinski definition) is 5. The molecule has 0 aliphatic heterocycles. The number of nitrogens with one attached hydrogen (secondary N) is 1. The minimum atomic E-state index is -0.221. The molecule has 0 unspecified atom stereocenters. The molecule has 0 spiro atoms. The number of rotatable bonds is 6. The van der Waals surface area contributed by atoms with Crippen molar-refractivity contribution in [2.45, 2.75) is 6.54 Å². The number of benzene rings is 1. The highest BCUT2D eigenvalue weighted by molar-refractivity contribution is 5.93. The first-order valence-electron chi connectivity index (χ1n) is 8.65. The number of amides is 1. The molecule has 0 aliphatic carbocycles. The summed E-state index contributed by atoms with van der Waals surface area (Å²) in [7, 11) is 1.60. The number of imidazole rings is 1. The third kappa shape index (κ3) is 3.48. The van der Waals surface area contributed by atoms with Crippen molar-refractivity contribution in [3.05, 3.63) is 84.8 Å². The molecule has 8 nitrogen and oxygen atoms in total. The third-order valence-corrected chi connectivity index (χ3v) is 4.23. The van der Waals surface area contributed by atoms with E-state index in [-0.39, 0.29) is 5.91 Å². The largest absolute Gasteiger partial charge is 0.494 e. The topological polar surface area (TPSA) is 86.9 Å². The monoisotopic (exact) mass is 374 g/mol. The number of hydrogen-bond donors (Lipinski definition) is 1. The van der Waals surface area contributed by atoms with E-state index in [1.54, 1.807) is 41.3 Å². The second-order valence-electron chi connectivity index (χ2n) is 5.98. The molecule has 0 radical (unpaired) electrons. The number of para-hydroxylation sites is 2. The fourth-order valence-electron chi connectivity index (χ4n) is 2.85. The van der Waals surface area contributed by atoms with Crippen LogP contribution in [-0.4, -0.2) is 37.3 Å². The van der Waals surface area contributed by atoms with Crippen LogP contribution in [-0.2, 0) is 6.54 Å². The number of nitrogens with zero attached hydrogens (tertiary/aromatic N) is 5. The fraction of sp³-hybridized carbons (Fsp3) is 0.100. The highest BCUT2D eigenvalue weighted by Crippen LogP contribution is 2.21. The second kappa shape index (κ2) is 7.75. The Morgan fingerprint density at radius 3 is 2.89 bits per heavy atom. The van der Waals surface area contributed by atoms with Crippen LogP contribution < -0.4 is 10.1 Å². The Balaban J connectivity index is 1.50. The average Bonchev–Trinajstić information content (AvgIpc) is 3.44. The van der Waals surface area contributed by atoms with E-state index in [4.69, 9.17) is 4.74 Å². The van der Waals surface area contributed by atoms with Crippen molar-refractivity contribution in [2.75, 3.05) is 7.11 Å². The SMILES string of the molecule is COc1ccccc1-n1cc(C(=O)NCc2cccnc2-n2ccnc2)cn1. The number of carbonyl (C=O) groups is 1. The Kier molecular flexibility index (Phi) is 4.83. The molecule has 8 heteroatoms. The van der Waals surface area contributed by atoms with Gasteiger partial charge in [-0.3, -0.25) is 9.36 Å². The van der Waals surface area contributed by atoms with Gasteiger partial charge < -0.3 is 10.1 Å². The van der Waals surface area contributed by atoms with E-state index in [2.05, 4.69) is 20.4 Å². The van der Waals surface area contributed by atoms with Crippen molar-refractivity contribution >= 4 is 5.91 Å². The summed E-state index contributed by atoms with van der Waals surface area (Å²) in [6.45, 7) is 0.333. The summed E-state index contributed by atoms with van der Waals surface area (Å²) in [4.78, 5) is 21.0. The molecule has 140 valence electrons. The Labute approximate surface area is 161 Å². The Bertz CT molecular complexity index is 1090. The summed E-state index contributed by atoms with van der Waals surface area (Å²) in [5, 5.41) is 7.19. The van der Waals surface area contributed by atoms with E-state index in [1.807, 2.05) is 42.6 Å². The minimum absolute atomic E-state index is 0.221. The molecule has 0 aliphatic rings. The van der Waals surface area contributed by atoms with E-state index in [9.17, 15) is 4.79 Å². The number of carbonyl (C=O) groups excluding carboxylic acids is 1. The predicted molar refractivity (Wildman–Crippen MR) is 103 cm³/mol. The molecule has 0 saturated carbocycles. The molecule has 1 N–H and O–H groups in total. The highest BCUT2D eigenvalue weighted by Gasteiger charge is 2.13. The average molecular weight is 374 g/mol. The van der Waals surface area contributed by atoms with Gasteiger partial charge in [-0.1, -0.05) is 18.2 Å². The van der Waals surface area contributed by atoms with Crippen molar-refractivity contribution < 1.29 is 9.53 Å². The molecule has 0 atom stereocenters. The fourth-order valence-corrected chi connectivity index (χ4v) is 2.85. The van der Waals surface area contributed by atoms with Gasteiger partial charge in [0.15, 0.2) is 0 Å². The van der Waals surface area contributed by atoms with E-state index in [1.165, 1.54) is 6.20 Å². The maximum absolute atomic E-state index is 12.6. The molecule has 3 aromatic heterocycles. The van der Waals surface area contributed by atoms with Gasteiger partial charge in [-0.05, 0) is 18.2 Å². The zero-order valence-electron chi connectivity index (χ0n) is 15.2. The van der Waals surface area contributed by atoms with Crippen molar-refractivity contribution in [2.24, 2.45) is 0 Å². The predicted octanol–water partition coefficient (Wildman–Crippen LogP) is 2.39. The first kappa shape index (κ1) is 17.5. The van der Waals surface area contributed by atoms with Gasteiger partial charge in [0.25, 0.3) is 5.91 Å². The number of ether oxygens (including phenoxy) is 1.